The molecule has 1 N–H and O–H groups in total. The second kappa shape index (κ2) is 5.35. The van der Waals surface area contributed by atoms with E-state index in [0.717, 1.165) is 44.8 Å². The topological polar surface area (TPSA) is 33.6 Å². The van der Waals surface area contributed by atoms with Crippen LogP contribution in [0.15, 0.2) is 4.99 Å². The Hall–Kier alpha value is -0.570. The SMILES string of the molecule is CCCN=C1NCCOC1(CC)CC. The Bertz CT molecular complexity index is 197. The van der Waals surface area contributed by atoms with Crippen LogP contribution in [0.2, 0.25) is 0 Å². The minimum absolute atomic E-state index is 0.132. The Kier molecular flexibility index (Phi) is 4.39. The van der Waals surface area contributed by atoms with E-state index in [-0.39, 0.29) is 5.60 Å². The normalized spacial score (nSPS) is 23.5. The van der Waals surface area contributed by atoms with Crippen molar-refractivity contribution in [3.63, 3.8) is 0 Å². The van der Waals surface area contributed by atoms with Crippen molar-refractivity contribution >= 4 is 5.84 Å². The van der Waals surface area contributed by atoms with E-state index < -0.39 is 0 Å². The van der Waals surface area contributed by atoms with E-state index in [1.165, 1.54) is 0 Å². The van der Waals surface area contributed by atoms with Gasteiger partial charge in [0, 0.05) is 13.1 Å². The highest BCUT2D eigenvalue weighted by Gasteiger charge is 2.35. The zero-order valence-corrected chi connectivity index (χ0v) is 9.60. The van der Waals surface area contributed by atoms with Gasteiger partial charge in [0.2, 0.25) is 0 Å². The highest BCUT2D eigenvalue weighted by Crippen LogP contribution is 2.23. The van der Waals surface area contributed by atoms with E-state index in [0.29, 0.717) is 0 Å². The molecular formula is C11H22N2O. The zero-order valence-electron chi connectivity index (χ0n) is 9.60. The molecule has 0 aromatic rings. The molecule has 3 heteroatoms. The molecule has 0 unspecified atom stereocenters. The summed E-state index contributed by atoms with van der Waals surface area (Å²) in [6, 6.07) is 0. The summed E-state index contributed by atoms with van der Waals surface area (Å²) in [6.45, 7) is 9.06. The molecule has 1 rings (SSSR count). The first-order valence-electron chi connectivity index (χ1n) is 5.71. The lowest BCUT2D eigenvalue weighted by atomic mass is 9.94. The van der Waals surface area contributed by atoms with E-state index in [9.17, 15) is 0 Å². The van der Waals surface area contributed by atoms with Crippen LogP contribution in [0.1, 0.15) is 40.0 Å². The molecule has 0 aliphatic carbocycles. The summed E-state index contributed by atoms with van der Waals surface area (Å²) in [6.07, 6.45) is 3.09. The van der Waals surface area contributed by atoms with Crippen molar-refractivity contribution in [2.75, 3.05) is 19.7 Å². The molecule has 0 bridgehead atoms. The molecule has 1 saturated heterocycles. The summed E-state index contributed by atoms with van der Waals surface area (Å²) in [5, 5.41) is 3.37. The summed E-state index contributed by atoms with van der Waals surface area (Å²) < 4.78 is 5.88. The first-order chi connectivity index (χ1) is 6.79. The van der Waals surface area contributed by atoms with Crippen molar-refractivity contribution in [2.24, 2.45) is 4.99 Å². The molecule has 82 valence electrons. The van der Waals surface area contributed by atoms with Crippen LogP contribution in [0.5, 0.6) is 0 Å². The van der Waals surface area contributed by atoms with E-state index in [1.807, 2.05) is 0 Å². The molecule has 1 aliphatic rings. The fourth-order valence-corrected chi connectivity index (χ4v) is 1.86. The average Bonchev–Trinajstić information content (AvgIpc) is 2.26. The van der Waals surface area contributed by atoms with Crippen molar-refractivity contribution in [2.45, 2.75) is 45.6 Å². The summed E-state index contributed by atoms with van der Waals surface area (Å²) in [5.41, 5.74) is -0.132. The zero-order chi connectivity index (χ0) is 10.4. The lowest BCUT2D eigenvalue weighted by Gasteiger charge is -2.37. The fraction of sp³-hybridized carbons (Fsp3) is 0.909. The molecule has 0 amide bonds. The number of hydrogen-bond donors (Lipinski definition) is 1. The van der Waals surface area contributed by atoms with Crippen LogP contribution < -0.4 is 5.32 Å². The summed E-state index contributed by atoms with van der Waals surface area (Å²) in [5.74, 6) is 1.07. The van der Waals surface area contributed by atoms with Gasteiger partial charge in [0.1, 0.15) is 11.4 Å². The van der Waals surface area contributed by atoms with Crippen LogP contribution in [0, 0.1) is 0 Å². The lowest BCUT2D eigenvalue weighted by molar-refractivity contribution is -0.0113. The Morgan fingerprint density at radius 3 is 2.64 bits per heavy atom. The van der Waals surface area contributed by atoms with E-state index in [1.54, 1.807) is 0 Å². The molecule has 1 fully saturated rings. The van der Waals surface area contributed by atoms with Gasteiger partial charge >= 0.3 is 0 Å². The third kappa shape index (κ3) is 2.27. The Morgan fingerprint density at radius 1 is 1.36 bits per heavy atom. The number of rotatable bonds is 4. The van der Waals surface area contributed by atoms with Crippen LogP contribution in [-0.2, 0) is 4.74 Å². The molecule has 14 heavy (non-hydrogen) atoms. The number of nitrogens with one attached hydrogen (secondary N) is 1. The second-order valence-corrected chi connectivity index (χ2v) is 3.71. The van der Waals surface area contributed by atoms with Crippen molar-refractivity contribution < 1.29 is 4.74 Å². The molecular weight excluding hydrogens is 176 g/mol. The maximum absolute atomic E-state index is 5.88. The quantitative estimate of drug-likeness (QED) is 0.749. The predicted molar refractivity (Wildman–Crippen MR) is 59.9 cm³/mol. The average molecular weight is 198 g/mol. The van der Waals surface area contributed by atoms with Crippen LogP contribution in [-0.4, -0.2) is 31.1 Å². The minimum atomic E-state index is -0.132. The van der Waals surface area contributed by atoms with Crippen LogP contribution in [0.3, 0.4) is 0 Å². The number of nitrogens with zero attached hydrogens (tertiary/aromatic N) is 1. The van der Waals surface area contributed by atoms with Crippen molar-refractivity contribution in [3.05, 3.63) is 0 Å². The van der Waals surface area contributed by atoms with E-state index in [2.05, 4.69) is 31.1 Å². The second-order valence-electron chi connectivity index (χ2n) is 3.71. The van der Waals surface area contributed by atoms with Gasteiger partial charge < -0.3 is 10.1 Å². The van der Waals surface area contributed by atoms with Gasteiger partial charge in [-0.25, -0.2) is 0 Å². The lowest BCUT2D eigenvalue weighted by Crippen LogP contribution is -2.54. The molecule has 0 spiro atoms. The summed E-state index contributed by atoms with van der Waals surface area (Å²) in [7, 11) is 0. The molecule has 0 aromatic carbocycles. The van der Waals surface area contributed by atoms with Crippen LogP contribution >= 0.6 is 0 Å². The smallest absolute Gasteiger partial charge is 0.129 e. The highest BCUT2D eigenvalue weighted by atomic mass is 16.5. The summed E-state index contributed by atoms with van der Waals surface area (Å²) >= 11 is 0. The van der Waals surface area contributed by atoms with Gasteiger partial charge in [0.25, 0.3) is 0 Å². The number of hydrogen-bond acceptors (Lipinski definition) is 2. The minimum Gasteiger partial charge on any atom is -0.369 e. The maximum atomic E-state index is 5.88. The van der Waals surface area contributed by atoms with Crippen molar-refractivity contribution in [3.8, 4) is 0 Å². The fourth-order valence-electron chi connectivity index (χ4n) is 1.86. The molecule has 1 heterocycles. The number of morpholine rings is 1. The third-order valence-electron chi connectivity index (χ3n) is 2.84. The first kappa shape index (κ1) is 11.5. The van der Waals surface area contributed by atoms with E-state index in [4.69, 9.17) is 4.74 Å². The van der Waals surface area contributed by atoms with Crippen LogP contribution in [0.4, 0.5) is 0 Å². The predicted octanol–water partition coefficient (Wildman–Crippen LogP) is 1.97. The molecule has 0 atom stereocenters. The van der Waals surface area contributed by atoms with Crippen molar-refractivity contribution in [1.82, 2.24) is 5.32 Å². The Balaban J connectivity index is 2.76. The number of aliphatic imine (C=N–C) groups is 1. The first-order valence-corrected chi connectivity index (χ1v) is 5.71. The highest BCUT2D eigenvalue weighted by molar-refractivity contribution is 5.91. The van der Waals surface area contributed by atoms with Gasteiger partial charge in [-0.1, -0.05) is 20.8 Å². The molecule has 0 aromatic heterocycles. The third-order valence-corrected chi connectivity index (χ3v) is 2.84. The molecule has 1 aliphatic heterocycles. The number of amidine groups is 1. The summed E-state index contributed by atoms with van der Waals surface area (Å²) in [4.78, 5) is 4.58. The Morgan fingerprint density at radius 2 is 2.07 bits per heavy atom. The van der Waals surface area contributed by atoms with Gasteiger partial charge in [0.05, 0.1) is 6.61 Å². The van der Waals surface area contributed by atoms with Gasteiger partial charge in [-0.05, 0) is 19.3 Å². The standard InChI is InChI=1S/C11H22N2O/c1-4-7-12-10-11(5-2,6-3)14-9-8-13-10/h4-9H2,1-3H3,(H,12,13). The van der Waals surface area contributed by atoms with Gasteiger partial charge in [-0.2, -0.15) is 0 Å². The maximum Gasteiger partial charge on any atom is 0.129 e. The molecule has 3 nitrogen and oxygen atoms in total. The van der Waals surface area contributed by atoms with Gasteiger partial charge in [-0.3, -0.25) is 4.99 Å². The van der Waals surface area contributed by atoms with Gasteiger partial charge in [-0.15, -0.1) is 0 Å². The molecule has 0 saturated carbocycles. The van der Waals surface area contributed by atoms with Gasteiger partial charge in [0.15, 0.2) is 0 Å². The largest absolute Gasteiger partial charge is 0.369 e. The van der Waals surface area contributed by atoms with Crippen LogP contribution in [0.25, 0.3) is 0 Å². The van der Waals surface area contributed by atoms with E-state index >= 15 is 0 Å². The number of ether oxygens (including phenoxy) is 1. The molecule has 0 radical (unpaired) electrons. The Labute approximate surface area is 86.9 Å². The monoisotopic (exact) mass is 198 g/mol. The van der Waals surface area contributed by atoms with Crippen molar-refractivity contribution in [1.29, 1.82) is 0 Å².